The van der Waals surface area contributed by atoms with Gasteiger partial charge in [0.05, 0.1) is 24.4 Å². The van der Waals surface area contributed by atoms with Gasteiger partial charge in [0.15, 0.2) is 5.82 Å². The number of ether oxygens (including phenoxy) is 1. The van der Waals surface area contributed by atoms with Crippen molar-refractivity contribution in [1.82, 2.24) is 25.1 Å². The predicted octanol–water partition coefficient (Wildman–Crippen LogP) is 4.49. The Morgan fingerprint density at radius 1 is 1.06 bits per heavy atom. The number of hydrogen-bond acceptors (Lipinski definition) is 5. The molecule has 0 unspecified atom stereocenters. The lowest BCUT2D eigenvalue weighted by Gasteiger charge is -2.13. The number of para-hydroxylation sites is 1. The number of nitrogens with one attached hydrogen (secondary N) is 1. The van der Waals surface area contributed by atoms with E-state index in [-0.39, 0.29) is 5.91 Å². The van der Waals surface area contributed by atoms with Gasteiger partial charge < -0.3 is 10.1 Å². The van der Waals surface area contributed by atoms with Gasteiger partial charge in [0, 0.05) is 12.7 Å². The average Bonchev–Trinajstić information content (AvgIpc) is 3.25. The van der Waals surface area contributed by atoms with Crippen LogP contribution in [0.5, 0.6) is 5.75 Å². The minimum absolute atomic E-state index is 0.104. The lowest BCUT2D eigenvalue weighted by atomic mass is 10.1. The number of hydrogen-bond donors (Lipinski definition) is 1. The van der Waals surface area contributed by atoms with Gasteiger partial charge in [0.2, 0.25) is 0 Å². The Hall–Kier alpha value is -3.22. The van der Waals surface area contributed by atoms with Crippen LogP contribution in [0.4, 0.5) is 0 Å². The molecule has 1 aromatic carbocycles. The molecule has 1 N–H and O–H groups in total. The van der Waals surface area contributed by atoms with Gasteiger partial charge in [-0.15, -0.1) is 0 Å². The number of unbranched alkanes of at least 4 members (excludes halogenated alkanes) is 5. The van der Waals surface area contributed by atoms with Gasteiger partial charge >= 0.3 is 0 Å². The summed E-state index contributed by atoms with van der Waals surface area (Å²) in [6, 6.07) is 11.5. The van der Waals surface area contributed by atoms with E-state index in [0.29, 0.717) is 42.6 Å². The molecule has 1 aliphatic rings. The van der Waals surface area contributed by atoms with Gasteiger partial charge in [-0.25, -0.2) is 9.97 Å². The van der Waals surface area contributed by atoms with E-state index in [1.54, 1.807) is 16.9 Å². The second kappa shape index (κ2) is 10.2. The molecule has 0 aliphatic carbocycles. The predicted molar refractivity (Wildman–Crippen MR) is 120 cm³/mol. The quantitative estimate of drug-likeness (QED) is 0.490. The lowest BCUT2D eigenvalue weighted by molar-refractivity contribution is 0.0924. The molecule has 7 nitrogen and oxygen atoms in total. The number of benzene rings is 1. The lowest BCUT2D eigenvalue weighted by Crippen LogP contribution is -2.35. The fourth-order valence-corrected chi connectivity index (χ4v) is 3.73. The smallest absolute Gasteiger partial charge is 0.269 e. The van der Waals surface area contributed by atoms with Crippen molar-refractivity contribution >= 4 is 5.91 Å². The van der Waals surface area contributed by atoms with E-state index in [1.165, 1.54) is 32.1 Å². The summed E-state index contributed by atoms with van der Waals surface area (Å²) in [5.74, 6) is 1.27. The maximum atomic E-state index is 12.0. The Kier molecular flexibility index (Phi) is 6.92. The van der Waals surface area contributed by atoms with Gasteiger partial charge in [-0.1, -0.05) is 51.2 Å². The van der Waals surface area contributed by atoms with E-state index < -0.39 is 0 Å². The highest BCUT2D eigenvalue weighted by atomic mass is 16.5. The molecule has 0 saturated heterocycles. The average molecular weight is 420 g/mol. The Labute approximate surface area is 182 Å². The SMILES string of the molecule is CCCCCCCCOc1ccccc1-c1nccc(-c2cc3n(n2)CCNC3=O)n1. The van der Waals surface area contributed by atoms with Gasteiger partial charge in [-0.2, -0.15) is 5.10 Å². The van der Waals surface area contributed by atoms with Crippen molar-refractivity contribution in [2.24, 2.45) is 0 Å². The molecule has 0 saturated carbocycles. The Morgan fingerprint density at radius 3 is 2.77 bits per heavy atom. The molecule has 0 atom stereocenters. The third-order valence-corrected chi connectivity index (χ3v) is 5.42. The van der Waals surface area contributed by atoms with E-state index in [2.05, 4.69) is 22.3 Å². The van der Waals surface area contributed by atoms with E-state index in [9.17, 15) is 4.79 Å². The van der Waals surface area contributed by atoms with E-state index >= 15 is 0 Å². The summed E-state index contributed by atoms with van der Waals surface area (Å²) in [4.78, 5) is 21.2. The number of carbonyl (C=O) groups is 1. The standard InChI is InChI=1S/C24H29N5O2/c1-2-3-4-5-6-9-16-31-22-11-8-7-10-18(22)23-25-13-12-19(27-23)20-17-21-24(30)26-14-15-29(21)28-20/h7-8,10-13,17H,2-6,9,14-16H2,1H3,(H,26,30). The molecule has 2 aromatic heterocycles. The van der Waals surface area contributed by atoms with Crippen molar-refractivity contribution in [3.05, 3.63) is 48.3 Å². The monoisotopic (exact) mass is 419 g/mol. The minimum atomic E-state index is -0.104. The second-order valence-electron chi connectivity index (χ2n) is 7.77. The molecule has 0 fully saturated rings. The number of amides is 1. The maximum absolute atomic E-state index is 12.0. The third kappa shape index (κ3) is 5.10. The molecule has 7 heteroatoms. The number of rotatable bonds is 10. The first kappa shape index (κ1) is 21.0. The van der Waals surface area contributed by atoms with Crippen LogP contribution in [0.25, 0.3) is 22.8 Å². The zero-order valence-corrected chi connectivity index (χ0v) is 18.0. The minimum Gasteiger partial charge on any atom is -0.493 e. The summed E-state index contributed by atoms with van der Waals surface area (Å²) in [6.07, 6.45) is 9.08. The molecule has 31 heavy (non-hydrogen) atoms. The normalized spacial score (nSPS) is 13.0. The van der Waals surface area contributed by atoms with Crippen LogP contribution in [0.3, 0.4) is 0 Å². The summed E-state index contributed by atoms with van der Waals surface area (Å²) < 4.78 is 7.80. The van der Waals surface area contributed by atoms with E-state index in [4.69, 9.17) is 9.72 Å². The zero-order chi connectivity index (χ0) is 21.5. The number of nitrogens with zero attached hydrogens (tertiary/aromatic N) is 4. The van der Waals surface area contributed by atoms with Crippen molar-refractivity contribution in [2.75, 3.05) is 13.2 Å². The molecule has 162 valence electrons. The third-order valence-electron chi connectivity index (χ3n) is 5.42. The highest BCUT2D eigenvalue weighted by Crippen LogP contribution is 2.29. The zero-order valence-electron chi connectivity index (χ0n) is 18.0. The summed E-state index contributed by atoms with van der Waals surface area (Å²) in [6.45, 7) is 4.17. The van der Waals surface area contributed by atoms with Crippen molar-refractivity contribution in [3.8, 4) is 28.5 Å². The topological polar surface area (TPSA) is 81.9 Å². The van der Waals surface area contributed by atoms with Crippen molar-refractivity contribution in [2.45, 2.75) is 52.0 Å². The first-order chi connectivity index (χ1) is 15.3. The number of carbonyl (C=O) groups excluding carboxylic acids is 1. The number of fused-ring (bicyclic) bond motifs is 1. The van der Waals surface area contributed by atoms with Crippen LogP contribution in [0.15, 0.2) is 42.6 Å². The fraction of sp³-hybridized carbons (Fsp3) is 0.417. The molecule has 1 aliphatic heterocycles. The van der Waals surface area contributed by atoms with E-state index in [0.717, 1.165) is 17.7 Å². The van der Waals surface area contributed by atoms with Crippen LogP contribution in [0.1, 0.15) is 55.9 Å². The summed E-state index contributed by atoms with van der Waals surface area (Å²) in [5, 5.41) is 7.39. The van der Waals surface area contributed by atoms with Crippen LogP contribution >= 0.6 is 0 Å². The van der Waals surface area contributed by atoms with Crippen LogP contribution in [0.2, 0.25) is 0 Å². The largest absolute Gasteiger partial charge is 0.493 e. The summed E-state index contributed by atoms with van der Waals surface area (Å²) >= 11 is 0. The van der Waals surface area contributed by atoms with Crippen molar-refractivity contribution in [1.29, 1.82) is 0 Å². The van der Waals surface area contributed by atoms with Crippen LogP contribution in [0, 0.1) is 0 Å². The molecule has 0 spiro atoms. The molecular weight excluding hydrogens is 390 g/mol. The summed E-state index contributed by atoms with van der Waals surface area (Å²) in [5.41, 5.74) is 2.77. The molecule has 3 aromatic rings. The van der Waals surface area contributed by atoms with Crippen LogP contribution in [-0.2, 0) is 6.54 Å². The number of aromatic nitrogens is 4. The molecule has 3 heterocycles. The van der Waals surface area contributed by atoms with Gasteiger partial charge in [-0.3, -0.25) is 9.48 Å². The molecule has 0 bridgehead atoms. The Morgan fingerprint density at radius 2 is 1.90 bits per heavy atom. The van der Waals surface area contributed by atoms with E-state index in [1.807, 2.05) is 30.3 Å². The molecule has 0 radical (unpaired) electrons. The van der Waals surface area contributed by atoms with Crippen LogP contribution < -0.4 is 10.1 Å². The van der Waals surface area contributed by atoms with Crippen molar-refractivity contribution in [3.63, 3.8) is 0 Å². The first-order valence-corrected chi connectivity index (χ1v) is 11.2. The molecule has 4 rings (SSSR count). The molecular formula is C24H29N5O2. The highest BCUT2D eigenvalue weighted by Gasteiger charge is 2.20. The Balaban J connectivity index is 1.48. The van der Waals surface area contributed by atoms with Gasteiger partial charge in [0.1, 0.15) is 17.1 Å². The first-order valence-electron chi connectivity index (χ1n) is 11.2. The highest BCUT2D eigenvalue weighted by molar-refractivity contribution is 5.94. The maximum Gasteiger partial charge on any atom is 0.269 e. The van der Waals surface area contributed by atoms with Crippen molar-refractivity contribution < 1.29 is 9.53 Å². The van der Waals surface area contributed by atoms with Gasteiger partial charge in [0.25, 0.3) is 5.91 Å². The van der Waals surface area contributed by atoms with Crippen LogP contribution in [-0.4, -0.2) is 38.8 Å². The fourth-order valence-electron chi connectivity index (χ4n) is 3.73. The molecule has 1 amide bonds. The second-order valence-corrected chi connectivity index (χ2v) is 7.77. The summed E-state index contributed by atoms with van der Waals surface area (Å²) in [7, 11) is 0. The van der Waals surface area contributed by atoms with Gasteiger partial charge in [-0.05, 0) is 30.7 Å². The Bertz CT molecular complexity index is 1030.